The quantitative estimate of drug-likeness (QED) is 0.371. The van der Waals surface area contributed by atoms with E-state index in [1.165, 1.54) is 6.92 Å². The smallest absolute Gasteiger partial charge is 0.550 e. The summed E-state index contributed by atoms with van der Waals surface area (Å²) in [6.45, 7) is 1.54. The van der Waals surface area contributed by atoms with E-state index in [1.54, 1.807) is 14.2 Å². The summed E-state index contributed by atoms with van der Waals surface area (Å²) >= 11 is 0. The van der Waals surface area contributed by atoms with Crippen LogP contribution in [0.4, 0.5) is 0 Å². The first-order valence-corrected chi connectivity index (χ1v) is 2.29. The molecule has 9 heavy (non-hydrogen) atoms. The number of carboxylic acids is 1. The van der Waals surface area contributed by atoms with Gasteiger partial charge in [0.1, 0.15) is 0 Å². The molecule has 0 aromatic carbocycles. The summed E-state index contributed by atoms with van der Waals surface area (Å²) in [5.41, 5.74) is 0. The number of carbonyl (C=O) groups excluding carboxylic acids is 1. The number of ether oxygens (including phenoxy) is 1. The van der Waals surface area contributed by atoms with Crippen LogP contribution in [-0.2, 0) is 9.53 Å². The Hall–Kier alpha value is 1.07. The predicted molar refractivity (Wildman–Crippen MR) is 28.2 cm³/mol. The fourth-order valence-corrected chi connectivity index (χ4v) is 0. The van der Waals surface area contributed by atoms with E-state index in [-0.39, 0.29) is 57.8 Å². The van der Waals surface area contributed by atoms with Crippen LogP contribution in [0.15, 0.2) is 0 Å². The molecule has 0 atom stereocenters. The van der Waals surface area contributed by atoms with E-state index in [0.29, 0.717) is 0 Å². The van der Waals surface area contributed by atoms with Crippen molar-refractivity contribution in [2.24, 2.45) is 0 Å². The number of carbonyl (C=O) groups is 1. The average molecular weight is 158 g/mol. The van der Waals surface area contributed by atoms with Gasteiger partial charge in [0.25, 0.3) is 0 Å². The Bertz CT molecular complexity index is 56.2. The Labute approximate surface area is 98.2 Å². The second kappa shape index (κ2) is 16.0. The third kappa shape index (κ3) is 48.1. The summed E-state index contributed by atoms with van der Waals surface area (Å²) in [4.78, 5) is 9.26. The summed E-state index contributed by atoms with van der Waals surface area (Å²) in [6.07, 6.45) is 0.111. The molecule has 0 unspecified atom stereocenters. The van der Waals surface area contributed by atoms with Gasteiger partial charge in [-0.3, -0.25) is 0 Å². The number of hydrogen-bond acceptors (Lipinski definition) is 3. The second-order valence-corrected chi connectivity index (χ2v) is 1.13. The number of aliphatic carboxylic acids is 1. The molecule has 0 bridgehead atoms. The molecular weight excluding hydrogens is 147 g/mol. The van der Waals surface area contributed by atoms with Crippen LogP contribution < -0.4 is 56.5 Å². The molecule has 50 valence electrons. The van der Waals surface area contributed by atoms with Gasteiger partial charge in [0.15, 0.2) is 0 Å². The minimum atomic E-state index is -0.995. The molecule has 0 spiro atoms. The fraction of sp³-hybridized carbons (Fsp3) is 0.800. The van der Waals surface area contributed by atoms with E-state index in [2.05, 4.69) is 4.74 Å². The van der Waals surface area contributed by atoms with Gasteiger partial charge in [-0.1, -0.05) is 6.92 Å². The molecule has 0 saturated carbocycles. The van der Waals surface area contributed by atoms with Gasteiger partial charge in [-0.05, 0) is 6.42 Å². The predicted octanol–water partition coefficient (Wildman–Crippen LogP) is -3.59. The van der Waals surface area contributed by atoms with Crippen molar-refractivity contribution < 1.29 is 66.0 Å². The molecule has 4 heteroatoms. The molecule has 0 saturated heterocycles. The van der Waals surface area contributed by atoms with Crippen LogP contribution in [-0.4, -0.2) is 20.2 Å². The van der Waals surface area contributed by atoms with Crippen LogP contribution in [0.25, 0.3) is 0 Å². The molecule has 0 heterocycles. The van der Waals surface area contributed by atoms with Gasteiger partial charge in [-0.2, -0.15) is 0 Å². The normalized spacial score (nSPS) is 6.11. The van der Waals surface area contributed by atoms with Crippen molar-refractivity contribution in [1.29, 1.82) is 0 Å². The molecule has 0 aliphatic carbocycles. The van der Waals surface area contributed by atoms with Crippen LogP contribution in [0.1, 0.15) is 13.3 Å². The molecule has 0 fully saturated rings. The maximum Gasteiger partial charge on any atom is 1.00 e. The van der Waals surface area contributed by atoms with Gasteiger partial charge >= 0.3 is 51.4 Å². The van der Waals surface area contributed by atoms with Gasteiger partial charge in [-0.15, -0.1) is 0 Å². The topological polar surface area (TPSA) is 49.4 Å². The largest absolute Gasteiger partial charge is 1.00 e. The number of carboxylic acid groups (broad SMARTS) is 1. The molecule has 3 nitrogen and oxygen atoms in total. The van der Waals surface area contributed by atoms with E-state index in [0.717, 1.165) is 0 Å². The van der Waals surface area contributed by atoms with Crippen molar-refractivity contribution in [1.82, 2.24) is 0 Å². The third-order valence-electron chi connectivity index (χ3n) is 0.289. The summed E-state index contributed by atoms with van der Waals surface area (Å²) in [7, 11) is 3.25. The first kappa shape index (κ1) is 16.6. The number of methoxy groups -OCH3 is 1. The summed E-state index contributed by atoms with van der Waals surface area (Å²) < 4.78 is 4.25. The summed E-state index contributed by atoms with van der Waals surface area (Å²) in [5, 5.41) is 9.26. The van der Waals surface area contributed by atoms with E-state index in [4.69, 9.17) is 0 Å². The summed E-state index contributed by atoms with van der Waals surface area (Å²) in [6, 6.07) is 0. The maximum absolute atomic E-state index is 9.26. The molecule has 0 radical (unpaired) electrons. The molecule has 0 aliphatic heterocycles. The maximum atomic E-state index is 9.26. The van der Waals surface area contributed by atoms with Crippen LogP contribution in [0.3, 0.4) is 0 Å². The van der Waals surface area contributed by atoms with Crippen molar-refractivity contribution in [3.63, 3.8) is 0 Å². The van der Waals surface area contributed by atoms with Gasteiger partial charge < -0.3 is 14.6 Å². The molecule has 0 aromatic rings. The molecule has 0 amide bonds. The van der Waals surface area contributed by atoms with Gasteiger partial charge in [-0.25, -0.2) is 0 Å². The zero-order valence-corrected chi connectivity index (χ0v) is 9.55. The van der Waals surface area contributed by atoms with Crippen molar-refractivity contribution in [2.45, 2.75) is 13.3 Å². The fourth-order valence-electron chi connectivity index (χ4n) is 0. The third-order valence-corrected chi connectivity index (χ3v) is 0.289. The van der Waals surface area contributed by atoms with Crippen LogP contribution >= 0.6 is 0 Å². The van der Waals surface area contributed by atoms with Gasteiger partial charge in [0.05, 0.1) is 0 Å². The average Bonchev–Trinajstić information content (AvgIpc) is 1.69. The standard InChI is InChI=1S/C3H6O2.C2H6O.K/c1-2-3(4)5;1-3-2;/h2H2,1H3,(H,4,5);1-2H3;/q;;+1/p-1. The summed E-state index contributed by atoms with van der Waals surface area (Å²) in [5.74, 6) is -0.995. The molecular formula is C5H11KO3. The molecule has 0 rings (SSSR count). The monoisotopic (exact) mass is 158 g/mol. The Morgan fingerprint density at radius 3 is 1.67 bits per heavy atom. The van der Waals surface area contributed by atoms with Crippen LogP contribution in [0.2, 0.25) is 0 Å². The molecule has 0 aromatic heterocycles. The van der Waals surface area contributed by atoms with Crippen LogP contribution in [0.5, 0.6) is 0 Å². The minimum Gasteiger partial charge on any atom is -0.550 e. The first-order valence-electron chi connectivity index (χ1n) is 2.29. The first-order chi connectivity index (χ1) is 3.68. The Kier molecular flexibility index (Phi) is 29.5. The van der Waals surface area contributed by atoms with Gasteiger partial charge in [0, 0.05) is 20.2 Å². The number of hydrogen-bond donors (Lipinski definition) is 0. The Morgan fingerprint density at radius 2 is 1.67 bits per heavy atom. The van der Waals surface area contributed by atoms with E-state index in [9.17, 15) is 9.90 Å². The Morgan fingerprint density at radius 1 is 1.56 bits per heavy atom. The van der Waals surface area contributed by atoms with Crippen molar-refractivity contribution in [3.8, 4) is 0 Å². The molecule has 0 N–H and O–H groups in total. The van der Waals surface area contributed by atoms with Crippen molar-refractivity contribution >= 4 is 5.97 Å². The van der Waals surface area contributed by atoms with E-state index in [1.807, 2.05) is 0 Å². The van der Waals surface area contributed by atoms with Crippen LogP contribution in [0, 0.1) is 0 Å². The minimum absolute atomic E-state index is 0. The Balaban J connectivity index is -0.0000000800. The van der Waals surface area contributed by atoms with Crippen molar-refractivity contribution in [2.75, 3.05) is 14.2 Å². The van der Waals surface area contributed by atoms with E-state index < -0.39 is 5.97 Å². The van der Waals surface area contributed by atoms with E-state index >= 15 is 0 Å². The second-order valence-electron chi connectivity index (χ2n) is 1.13. The number of rotatable bonds is 1. The zero-order chi connectivity index (χ0) is 6.99. The van der Waals surface area contributed by atoms with Crippen molar-refractivity contribution in [3.05, 3.63) is 0 Å². The molecule has 0 aliphatic rings. The zero-order valence-electron chi connectivity index (χ0n) is 6.43. The SMILES string of the molecule is CCC(=O)[O-].COC.[K+]. The van der Waals surface area contributed by atoms with Gasteiger partial charge in [0.2, 0.25) is 0 Å².